The molecule has 2 aromatic rings. The molecule has 2 aromatic heterocycles. The van der Waals surface area contributed by atoms with Crippen LogP contribution < -0.4 is 5.32 Å². The molecule has 0 spiro atoms. The summed E-state index contributed by atoms with van der Waals surface area (Å²) in [5, 5.41) is 8.21. The van der Waals surface area contributed by atoms with E-state index < -0.39 is 10.0 Å². The highest BCUT2D eigenvalue weighted by Gasteiger charge is 2.31. The molecule has 0 amide bonds. The van der Waals surface area contributed by atoms with Crippen LogP contribution in [0.5, 0.6) is 0 Å². The highest BCUT2D eigenvalue weighted by molar-refractivity contribution is 7.89. The minimum Gasteiger partial charge on any atom is -0.336 e. The zero-order valence-electron chi connectivity index (χ0n) is 14.4. The Bertz CT molecular complexity index is 852. The normalized spacial score (nSPS) is 20.4. The standard InChI is InChI=1S/C17H24N4O3S/c1-2-16-15-9-14(11-19-17(15)24-20-16)25(22,23)21-7-5-13(6-8-21)18-10-12-3-4-12/h9,11-13,18H,2-8,10H2,1H3. The summed E-state index contributed by atoms with van der Waals surface area (Å²) in [4.78, 5) is 4.36. The minimum absolute atomic E-state index is 0.224. The van der Waals surface area contributed by atoms with E-state index in [1.165, 1.54) is 19.0 Å². The van der Waals surface area contributed by atoms with Crippen LogP contribution in [0.25, 0.3) is 11.1 Å². The molecule has 0 atom stereocenters. The summed E-state index contributed by atoms with van der Waals surface area (Å²) in [6.07, 6.45) is 6.43. The predicted molar refractivity (Wildman–Crippen MR) is 93.7 cm³/mol. The summed E-state index contributed by atoms with van der Waals surface area (Å²) in [5.74, 6) is 0.843. The SMILES string of the molecule is CCc1noc2ncc(S(=O)(=O)N3CCC(NCC4CC4)CC3)cc12. The number of aryl methyl sites for hydroxylation is 1. The zero-order chi connectivity index (χ0) is 17.4. The number of aromatic nitrogens is 2. The maximum absolute atomic E-state index is 12.9. The van der Waals surface area contributed by atoms with Crippen molar-refractivity contribution < 1.29 is 12.9 Å². The average Bonchev–Trinajstić information content (AvgIpc) is 3.37. The van der Waals surface area contributed by atoms with Crippen molar-refractivity contribution in [3.05, 3.63) is 18.0 Å². The van der Waals surface area contributed by atoms with E-state index in [0.717, 1.165) is 31.0 Å². The Morgan fingerprint density at radius 3 is 2.72 bits per heavy atom. The molecule has 25 heavy (non-hydrogen) atoms. The van der Waals surface area contributed by atoms with E-state index in [0.29, 0.717) is 36.7 Å². The Labute approximate surface area is 147 Å². The van der Waals surface area contributed by atoms with Crippen LogP contribution in [0.2, 0.25) is 0 Å². The van der Waals surface area contributed by atoms with E-state index in [9.17, 15) is 8.42 Å². The molecule has 0 radical (unpaired) electrons. The molecule has 136 valence electrons. The molecule has 0 aromatic carbocycles. The highest BCUT2D eigenvalue weighted by atomic mass is 32.2. The number of fused-ring (bicyclic) bond motifs is 1. The second kappa shape index (κ2) is 6.66. The van der Waals surface area contributed by atoms with Gasteiger partial charge in [-0.15, -0.1) is 0 Å². The van der Waals surface area contributed by atoms with Gasteiger partial charge in [0.15, 0.2) is 0 Å². The lowest BCUT2D eigenvalue weighted by Gasteiger charge is -2.31. The number of nitrogens with zero attached hydrogens (tertiary/aromatic N) is 3. The van der Waals surface area contributed by atoms with Gasteiger partial charge >= 0.3 is 0 Å². The second-order valence-electron chi connectivity index (χ2n) is 7.04. The van der Waals surface area contributed by atoms with Crippen molar-refractivity contribution in [1.82, 2.24) is 19.8 Å². The van der Waals surface area contributed by atoms with Crippen molar-refractivity contribution in [2.24, 2.45) is 5.92 Å². The fourth-order valence-electron chi connectivity index (χ4n) is 3.36. The molecule has 2 aliphatic rings. The molecular weight excluding hydrogens is 340 g/mol. The average molecular weight is 364 g/mol. The molecular formula is C17H24N4O3S. The minimum atomic E-state index is -3.53. The first-order valence-electron chi connectivity index (χ1n) is 9.05. The van der Waals surface area contributed by atoms with E-state index in [1.807, 2.05) is 6.92 Å². The first-order valence-corrected chi connectivity index (χ1v) is 10.5. The van der Waals surface area contributed by atoms with Crippen LogP contribution in [0.3, 0.4) is 0 Å². The van der Waals surface area contributed by atoms with Crippen LogP contribution >= 0.6 is 0 Å². The Kier molecular flexibility index (Phi) is 4.51. The quantitative estimate of drug-likeness (QED) is 0.843. The van der Waals surface area contributed by atoms with Gasteiger partial charge < -0.3 is 9.84 Å². The third-order valence-corrected chi connectivity index (χ3v) is 7.06. The highest BCUT2D eigenvalue weighted by Crippen LogP contribution is 2.29. The number of rotatable bonds is 6. The summed E-state index contributed by atoms with van der Waals surface area (Å²) in [7, 11) is -3.53. The maximum atomic E-state index is 12.9. The Morgan fingerprint density at radius 2 is 2.04 bits per heavy atom. The molecule has 0 bridgehead atoms. The van der Waals surface area contributed by atoms with Gasteiger partial charge in [-0.2, -0.15) is 4.31 Å². The lowest BCUT2D eigenvalue weighted by atomic mass is 10.1. The van der Waals surface area contributed by atoms with E-state index in [1.54, 1.807) is 10.4 Å². The fourth-order valence-corrected chi connectivity index (χ4v) is 4.80. The van der Waals surface area contributed by atoms with Gasteiger partial charge in [0.05, 0.1) is 17.3 Å². The van der Waals surface area contributed by atoms with E-state index in [4.69, 9.17) is 4.52 Å². The summed E-state index contributed by atoms with van der Waals surface area (Å²) >= 11 is 0. The second-order valence-corrected chi connectivity index (χ2v) is 8.97. The van der Waals surface area contributed by atoms with Gasteiger partial charge in [-0.1, -0.05) is 12.1 Å². The van der Waals surface area contributed by atoms with Crippen LogP contribution in [-0.2, 0) is 16.4 Å². The van der Waals surface area contributed by atoms with Crippen molar-refractivity contribution in [1.29, 1.82) is 0 Å². The number of sulfonamides is 1. The van der Waals surface area contributed by atoms with Crippen molar-refractivity contribution in [3.63, 3.8) is 0 Å². The molecule has 1 N–H and O–H groups in total. The number of nitrogens with one attached hydrogen (secondary N) is 1. The predicted octanol–water partition coefficient (Wildman–Crippen LogP) is 1.94. The topological polar surface area (TPSA) is 88.3 Å². The molecule has 8 heteroatoms. The van der Waals surface area contributed by atoms with Gasteiger partial charge in [-0.25, -0.2) is 13.4 Å². The van der Waals surface area contributed by atoms with Crippen molar-refractivity contribution in [3.8, 4) is 0 Å². The van der Waals surface area contributed by atoms with Crippen LogP contribution in [0.1, 0.15) is 38.3 Å². The van der Waals surface area contributed by atoms with Gasteiger partial charge in [-0.3, -0.25) is 0 Å². The monoisotopic (exact) mass is 364 g/mol. The van der Waals surface area contributed by atoms with Gasteiger partial charge in [0.25, 0.3) is 5.71 Å². The third-order valence-electron chi connectivity index (χ3n) is 5.20. The van der Waals surface area contributed by atoms with Crippen LogP contribution in [0.4, 0.5) is 0 Å². The van der Waals surface area contributed by atoms with Crippen LogP contribution in [0.15, 0.2) is 21.7 Å². The summed E-state index contributed by atoms with van der Waals surface area (Å²) in [5.41, 5.74) is 1.13. The molecule has 3 heterocycles. The van der Waals surface area contributed by atoms with Crippen molar-refractivity contribution >= 4 is 21.1 Å². The van der Waals surface area contributed by atoms with Gasteiger partial charge in [0, 0.05) is 19.1 Å². The molecule has 1 saturated heterocycles. The summed E-state index contributed by atoms with van der Waals surface area (Å²) < 4.78 is 32.6. The number of piperidine rings is 1. The Morgan fingerprint density at radius 1 is 1.28 bits per heavy atom. The molecule has 4 rings (SSSR count). The third kappa shape index (κ3) is 3.43. The van der Waals surface area contributed by atoms with Gasteiger partial charge in [-0.05, 0) is 50.6 Å². The number of pyridine rings is 1. The maximum Gasteiger partial charge on any atom is 0.258 e. The smallest absolute Gasteiger partial charge is 0.258 e. The van der Waals surface area contributed by atoms with Crippen molar-refractivity contribution in [2.75, 3.05) is 19.6 Å². The molecule has 1 aliphatic heterocycles. The lowest BCUT2D eigenvalue weighted by molar-refractivity contribution is 0.288. The Hall–Kier alpha value is -1.51. The molecule has 0 unspecified atom stereocenters. The summed E-state index contributed by atoms with van der Waals surface area (Å²) in [6, 6.07) is 2.07. The van der Waals surface area contributed by atoms with Gasteiger partial charge in [0.2, 0.25) is 10.0 Å². The fraction of sp³-hybridized carbons (Fsp3) is 0.647. The first-order chi connectivity index (χ1) is 12.1. The van der Waals surface area contributed by atoms with E-state index >= 15 is 0 Å². The van der Waals surface area contributed by atoms with E-state index in [2.05, 4.69) is 15.5 Å². The lowest BCUT2D eigenvalue weighted by Crippen LogP contribution is -2.45. The number of hydrogen-bond acceptors (Lipinski definition) is 6. The molecule has 1 aliphatic carbocycles. The summed E-state index contributed by atoms with van der Waals surface area (Å²) in [6.45, 7) is 4.13. The van der Waals surface area contributed by atoms with Crippen LogP contribution in [0, 0.1) is 5.92 Å². The largest absolute Gasteiger partial charge is 0.336 e. The van der Waals surface area contributed by atoms with E-state index in [-0.39, 0.29) is 4.90 Å². The molecule has 1 saturated carbocycles. The number of hydrogen-bond donors (Lipinski definition) is 1. The molecule has 2 fully saturated rings. The molecule has 7 nitrogen and oxygen atoms in total. The van der Waals surface area contributed by atoms with Crippen molar-refractivity contribution in [2.45, 2.75) is 50.0 Å². The first kappa shape index (κ1) is 16.9. The Balaban J connectivity index is 1.47. The van der Waals surface area contributed by atoms with Gasteiger partial charge in [0.1, 0.15) is 4.90 Å². The van der Waals surface area contributed by atoms with Crippen LogP contribution in [-0.4, -0.2) is 48.5 Å². The zero-order valence-corrected chi connectivity index (χ0v) is 15.3.